The van der Waals surface area contributed by atoms with Crippen molar-refractivity contribution in [3.05, 3.63) is 58.0 Å². The molecule has 1 unspecified atom stereocenters. The van der Waals surface area contributed by atoms with E-state index >= 15 is 0 Å². The largest absolute Gasteiger partial charge is 0.411 e. The summed E-state index contributed by atoms with van der Waals surface area (Å²) in [7, 11) is 0. The molecule has 29 heavy (non-hydrogen) atoms. The number of nitrogens with one attached hydrogen (secondary N) is 1. The maximum atomic E-state index is 13.4. The number of aromatic nitrogens is 1. The lowest BCUT2D eigenvalue weighted by atomic mass is 9.97. The number of oxime groups is 1. The topological polar surface area (TPSA) is 79.1 Å². The minimum atomic E-state index is -0.475. The molecule has 2 N–H and O–H groups in total. The minimum Gasteiger partial charge on any atom is -0.411 e. The van der Waals surface area contributed by atoms with E-state index in [0.717, 1.165) is 48.6 Å². The highest BCUT2D eigenvalue weighted by molar-refractivity contribution is 6.30. The molecule has 2 aromatic rings. The van der Waals surface area contributed by atoms with Gasteiger partial charge in [0, 0.05) is 55.6 Å². The zero-order chi connectivity index (χ0) is 20.2. The molecular formula is C21H22ClFN4O2. The third kappa shape index (κ3) is 4.63. The van der Waals surface area contributed by atoms with Crippen molar-refractivity contribution in [3.8, 4) is 0 Å². The van der Waals surface area contributed by atoms with E-state index in [0.29, 0.717) is 36.8 Å². The SMILES string of the molecule is O/N=C(\Cc1ccc(F)c(Cl)c1)c1ccnc2c1CC(CNCC1CCOC1)=N2. The first kappa shape index (κ1) is 19.9. The van der Waals surface area contributed by atoms with Crippen LogP contribution in [0.2, 0.25) is 5.02 Å². The number of aliphatic imine (C=N–C) groups is 1. The Kier molecular flexibility index (Phi) is 6.18. The smallest absolute Gasteiger partial charge is 0.156 e. The Hall–Kier alpha value is -2.35. The number of hydrogen-bond donors (Lipinski definition) is 2. The number of pyridine rings is 1. The molecule has 4 rings (SSSR count). The zero-order valence-corrected chi connectivity index (χ0v) is 16.6. The summed E-state index contributed by atoms with van der Waals surface area (Å²) in [6.45, 7) is 3.25. The van der Waals surface area contributed by atoms with Crippen LogP contribution in [-0.2, 0) is 17.6 Å². The van der Waals surface area contributed by atoms with Gasteiger partial charge >= 0.3 is 0 Å². The molecule has 0 aliphatic carbocycles. The van der Waals surface area contributed by atoms with Crippen molar-refractivity contribution < 1.29 is 14.3 Å². The molecule has 0 spiro atoms. The van der Waals surface area contributed by atoms with Gasteiger partial charge in [0.25, 0.3) is 0 Å². The van der Waals surface area contributed by atoms with Crippen LogP contribution < -0.4 is 5.32 Å². The van der Waals surface area contributed by atoms with Crippen molar-refractivity contribution in [2.75, 3.05) is 26.3 Å². The highest BCUT2D eigenvalue weighted by atomic mass is 35.5. The highest BCUT2D eigenvalue weighted by Crippen LogP contribution is 2.28. The number of rotatable bonds is 7. The monoisotopic (exact) mass is 416 g/mol. The van der Waals surface area contributed by atoms with Crippen LogP contribution in [0.25, 0.3) is 0 Å². The van der Waals surface area contributed by atoms with Crippen LogP contribution >= 0.6 is 11.6 Å². The number of benzene rings is 1. The summed E-state index contributed by atoms with van der Waals surface area (Å²) in [6, 6.07) is 6.31. The molecule has 0 radical (unpaired) electrons. The van der Waals surface area contributed by atoms with Crippen LogP contribution in [0.3, 0.4) is 0 Å². The van der Waals surface area contributed by atoms with Crippen molar-refractivity contribution in [2.45, 2.75) is 19.3 Å². The van der Waals surface area contributed by atoms with Gasteiger partial charge in [-0.2, -0.15) is 0 Å². The fourth-order valence-electron chi connectivity index (χ4n) is 3.71. The Morgan fingerprint density at radius 1 is 1.38 bits per heavy atom. The molecule has 2 aliphatic rings. The summed E-state index contributed by atoms with van der Waals surface area (Å²) >= 11 is 5.87. The van der Waals surface area contributed by atoms with Crippen LogP contribution in [0.15, 0.2) is 40.6 Å². The number of ether oxygens (including phenoxy) is 1. The molecule has 1 aromatic carbocycles. The van der Waals surface area contributed by atoms with Crippen molar-refractivity contribution in [3.63, 3.8) is 0 Å². The maximum Gasteiger partial charge on any atom is 0.156 e. The van der Waals surface area contributed by atoms with Crippen LogP contribution in [0, 0.1) is 11.7 Å². The summed E-state index contributed by atoms with van der Waals surface area (Å²) in [5.74, 6) is 0.739. The molecule has 1 fully saturated rings. The average Bonchev–Trinajstić information content (AvgIpc) is 3.38. The summed E-state index contributed by atoms with van der Waals surface area (Å²) < 4.78 is 18.8. The molecule has 6 nitrogen and oxygen atoms in total. The van der Waals surface area contributed by atoms with Gasteiger partial charge in [-0.3, -0.25) is 0 Å². The fourth-order valence-corrected chi connectivity index (χ4v) is 3.91. The van der Waals surface area contributed by atoms with E-state index in [9.17, 15) is 9.60 Å². The molecule has 1 aromatic heterocycles. The summed E-state index contributed by atoms with van der Waals surface area (Å²) in [5.41, 5.74) is 3.96. The zero-order valence-electron chi connectivity index (χ0n) is 15.9. The van der Waals surface area contributed by atoms with E-state index < -0.39 is 5.82 Å². The lowest BCUT2D eigenvalue weighted by Crippen LogP contribution is -2.28. The second-order valence-corrected chi connectivity index (χ2v) is 7.76. The summed E-state index contributed by atoms with van der Waals surface area (Å²) in [6.07, 6.45) is 3.72. The minimum absolute atomic E-state index is 0.0455. The third-order valence-electron chi connectivity index (χ3n) is 5.25. The molecule has 8 heteroatoms. The van der Waals surface area contributed by atoms with E-state index in [1.165, 1.54) is 6.07 Å². The van der Waals surface area contributed by atoms with Crippen molar-refractivity contribution in [2.24, 2.45) is 16.1 Å². The third-order valence-corrected chi connectivity index (χ3v) is 5.54. The van der Waals surface area contributed by atoms with E-state index in [1.54, 1.807) is 18.3 Å². The van der Waals surface area contributed by atoms with E-state index in [2.05, 4.69) is 20.4 Å². The Morgan fingerprint density at radius 3 is 3.03 bits per heavy atom. The van der Waals surface area contributed by atoms with Gasteiger partial charge < -0.3 is 15.3 Å². The average molecular weight is 417 g/mol. The lowest BCUT2D eigenvalue weighted by Gasteiger charge is -2.11. The number of halogens is 2. The van der Waals surface area contributed by atoms with Gasteiger partial charge in [-0.05, 0) is 36.1 Å². The number of hydrogen-bond acceptors (Lipinski definition) is 6. The van der Waals surface area contributed by atoms with Gasteiger partial charge in [-0.25, -0.2) is 14.4 Å². The van der Waals surface area contributed by atoms with Gasteiger partial charge in [-0.15, -0.1) is 0 Å². The first-order valence-corrected chi connectivity index (χ1v) is 10.00. The van der Waals surface area contributed by atoms with Crippen molar-refractivity contribution in [1.29, 1.82) is 0 Å². The van der Waals surface area contributed by atoms with Crippen molar-refractivity contribution >= 4 is 28.8 Å². The maximum absolute atomic E-state index is 13.4. The standard InChI is InChI=1S/C21H22ClFN4O2/c22-18-7-13(1-2-19(18)23)8-20(27-28)16-3-5-25-21-17(16)9-15(26-21)11-24-10-14-4-6-29-12-14/h1-3,5,7,14,24,28H,4,6,8-12H2/b27-20+. The molecule has 1 saturated heterocycles. The van der Waals surface area contributed by atoms with Gasteiger partial charge in [0.2, 0.25) is 0 Å². The van der Waals surface area contributed by atoms with Crippen LogP contribution in [-0.4, -0.2) is 47.9 Å². The molecule has 2 aliphatic heterocycles. The predicted molar refractivity (Wildman–Crippen MR) is 110 cm³/mol. The molecule has 152 valence electrons. The second kappa shape index (κ2) is 8.98. The molecule has 0 amide bonds. The predicted octanol–water partition coefficient (Wildman–Crippen LogP) is 3.55. The van der Waals surface area contributed by atoms with Gasteiger partial charge in [0.05, 0.1) is 17.3 Å². The fraction of sp³-hybridized carbons (Fsp3) is 0.381. The van der Waals surface area contributed by atoms with Crippen LogP contribution in [0.1, 0.15) is 23.1 Å². The van der Waals surface area contributed by atoms with Crippen LogP contribution in [0.5, 0.6) is 0 Å². The molecular weight excluding hydrogens is 395 g/mol. The first-order valence-electron chi connectivity index (χ1n) is 9.62. The summed E-state index contributed by atoms with van der Waals surface area (Å²) in [4.78, 5) is 8.99. The Morgan fingerprint density at radius 2 is 2.28 bits per heavy atom. The highest BCUT2D eigenvalue weighted by Gasteiger charge is 2.23. The Balaban J connectivity index is 1.44. The summed E-state index contributed by atoms with van der Waals surface area (Å²) in [5, 5.41) is 16.6. The van der Waals surface area contributed by atoms with Gasteiger partial charge in [0.15, 0.2) is 5.82 Å². The normalized spacial score (nSPS) is 18.8. The van der Waals surface area contributed by atoms with Crippen LogP contribution in [0.4, 0.5) is 10.2 Å². The number of fused-ring (bicyclic) bond motifs is 1. The number of nitrogens with zero attached hydrogens (tertiary/aromatic N) is 3. The van der Waals surface area contributed by atoms with Crippen molar-refractivity contribution in [1.82, 2.24) is 10.3 Å². The quantitative estimate of drug-likeness (QED) is 0.411. The lowest BCUT2D eigenvalue weighted by molar-refractivity contribution is 0.185. The Bertz CT molecular complexity index is 958. The molecule has 0 bridgehead atoms. The second-order valence-electron chi connectivity index (χ2n) is 7.35. The molecule has 3 heterocycles. The first-order chi connectivity index (χ1) is 14.1. The Labute approximate surface area is 173 Å². The van der Waals surface area contributed by atoms with Gasteiger partial charge in [-0.1, -0.05) is 22.8 Å². The molecule has 0 saturated carbocycles. The van der Waals surface area contributed by atoms with E-state index in [1.807, 2.05) is 6.07 Å². The van der Waals surface area contributed by atoms with E-state index in [4.69, 9.17) is 16.3 Å². The molecule has 1 atom stereocenters. The van der Waals surface area contributed by atoms with Gasteiger partial charge in [0.1, 0.15) is 5.82 Å². The van der Waals surface area contributed by atoms with E-state index in [-0.39, 0.29) is 5.02 Å².